The molecule has 0 aromatic carbocycles. The van der Waals surface area contributed by atoms with E-state index in [4.69, 9.17) is 4.74 Å². The van der Waals surface area contributed by atoms with Gasteiger partial charge < -0.3 is 9.64 Å². The fourth-order valence-corrected chi connectivity index (χ4v) is 3.71. The number of ether oxygens (including phenoxy) is 1. The van der Waals surface area contributed by atoms with Crippen LogP contribution in [0.2, 0.25) is 0 Å². The third-order valence-corrected chi connectivity index (χ3v) is 5.83. The molecule has 0 bridgehead atoms. The van der Waals surface area contributed by atoms with E-state index in [0.29, 0.717) is 29.2 Å². The van der Waals surface area contributed by atoms with Gasteiger partial charge >= 0.3 is 0 Å². The maximum absolute atomic E-state index is 13.2. The van der Waals surface area contributed by atoms with Crippen LogP contribution in [0.25, 0.3) is 0 Å². The highest BCUT2D eigenvalue weighted by atomic mass is 16.5. The normalized spacial score (nSPS) is 18.8. The Balaban J connectivity index is 1.55. The molecule has 0 saturated heterocycles. The SMILES string of the molecule is C=C(C)C(=O)C1=CC=C=CC2=C1CN(C(C)c1cc(C)c(OCC3CC3)cn1)C2=O. The first-order valence-corrected chi connectivity index (χ1v) is 10.3. The summed E-state index contributed by atoms with van der Waals surface area (Å²) in [5, 5.41) is 0. The fraction of sp³-hybridized carbons (Fsp3) is 0.360. The topological polar surface area (TPSA) is 59.5 Å². The first-order valence-electron chi connectivity index (χ1n) is 10.3. The van der Waals surface area contributed by atoms with E-state index in [9.17, 15) is 9.59 Å². The van der Waals surface area contributed by atoms with Gasteiger partial charge in [0.25, 0.3) is 5.91 Å². The van der Waals surface area contributed by atoms with Crippen LogP contribution >= 0.6 is 0 Å². The lowest BCUT2D eigenvalue weighted by Gasteiger charge is -2.25. The molecule has 0 spiro atoms. The van der Waals surface area contributed by atoms with E-state index in [-0.39, 0.29) is 17.7 Å². The first-order chi connectivity index (χ1) is 14.4. The number of aromatic nitrogens is 1. The summed E-state index contributed by atoms with van der Waals surface area (Å²) >= 11 is 0. The molecular formula is C25H26N2O3. The van der Waals surface area contributed by atoms with Crippen molar-refractivity contribution in [3.63, 3.8) is 0 Å². The Morgan fingerprint density at radius 2 is 2.20 bits per heavy atom. The molecule has 1 saturated carbocycles. The molecule has 3 aliphatic rings. The molecule has 1 atom stereocenters. The Morgan fingerprint density at radius 1 is 1.43 bits per heavy atom. The summed E-state index contributed by atoms with van der Waals surface area (Å²) in [7, 11) is 0. The van der Waals surface area contributed by atoms with Gasteiger partial charge in [-0.2, -0.15) is 0 Å². The minimum absolute atomic E-state index is 0.116. The summed E-state index contributed by atoms with van der Waals surface area (Å²) in [6, 6.07) is 1.74. The number of carbonyl (C=O) groups excluding carboxylic acids is 2. The molecule has 4 rings (SSSR count). The second-order valence-electron chi connectivity index (χ2n) is 8.30. The smallest absolute Gasteiger partial charge is 0.255 e. The summed E-state index contributed by atoms with van der Waals surface area (Å²) in [5.41, 5.74) is 6.97. The highest BCUT2D eigenvalue weighted by Crippen LogP contribution is 2.35. The van der Waals surface area contributed by atoms with Crippen molar-refractivity contribution < 1.29 is 14.3 Å². The Kier molecular flexibility index (Phi) is 5.31. The third-order valence-electron chi connectivity index (χ3n) is 5.83. The number of hydrogen-bond acceptors (Lipinski definition) is 4. The fourth-order valence-electron chi connectivity index (χ4n) is 3.71. The number of carbonyl (C=O) groups is 2. The van der Waals surface area contributed by atoms with Crippen molar-refractivity contribution >= 4 is 11.7 Å². The van der Waals surface area contributed by atoms with Crippen LogP contribution in [0.1, 0.15) is 44.0 Å². The summed E-state index contributed by atoms with van der Waals surface area (Å²) in [5.74, 6) is 1.21. The van der Waals surface area contributed by atoms with Crippen molar-refractivity contribution in [2.24, 2.45) is 5.92 Å². The maximum Gasteiger partial charge on any atom is 0.255 e. The van der Waals surface area contributed by atoms with Crippen LogP contribution in [0.4, 0.5) is 0 Å². The lowest BCUT2D eigenvalue weighted by molar-refractivity contribution is -0.127. The molecular weight excluding hydrogens is 376 g/mol. The van der Waals surface area contributed by atoms with Gasteiger partial charge in [-0.05, 0) is 80.5 Å². The molecule has 2 heterocycles. The number of ketones is 1. The van der Waals surface area contributed by atoms with E-state index in [1.54, 1.807) is 36.2 Å². The van der Waals surface area contributed by atoms with Crippen molar-refractivity contribution in [3.8, 4) is 5.75 Å². The Morgan fingerprint density at radius 3 is 2.87 bits per heavy atom. The summed E-state index contributed by atoms with van der Waals surface area (Å²) < 4.78 is 5.87. The molecule has 2 aliphatic carbocycles. The van der Waals surface area contributed by atoms with Crippen LogP contribution in [0, 0.1) is 12.8 Å². The standard InChI is InChI=1S/C25H26N2O3/c1-15(2)24(28)19-7-5-6-8-20-21(19)13-27(25(20)29)17(4)22-11-16(3)23(12-26-22)30-14-18-9-10-18/h5,7-8,11-12,17-18H,1,9-10,13-14H2,2-4H3. The number of rotatable bonds is 7. The van der Waals surface area contributed by atoms with Gasteiger partial charge in [-0.25, -0.2) is 0 Å². The van der Waals surface area contributed by atoms with Crippen LogP contribution < -0.4 is 4.74 Å². The number of Topliss-reactive ketones (excluding diaryl/α,β-unsaturated/α-hetero) is 1. The minimum atomic E-state index is -0.237. The van der Waals surface area contributed by atoms with Crippen LogP contribution in [0.15, 0.2) is 65.1 Å². The average Bonchev–Trinajstić information content (AvgIpc) is 3.52. The van der Waals surface area contributed by atoms with Gasteiger partial charge in [0.05, 0.1) is 30.1 Å². The van der Waals surface area contributed by atoms with Crippen molar-refractivity contribution in [2.45, 2.75) is 39.7 Å². The number of pyridine rings is 1. The Bertz CT molecular complexity index is 1070. The third kappa shape index (κ3) is 3.81. The molecule has 30 heavy (non-hydrogen) atoms. The van der Waals surface area contributed by atoms with E-state index in [0.717, 1.165) is 29.2 Å². The van der Waals surface area contributed by atoms with Crippen LogP contribution in [-0.2, 0) is 9.59 Å². The summed E-state index contributed by atoms with van der Waals surface area (Å²) in [6.45, 7) is 10.5. The lowest BCUT2D eigenvalue weighted by Crippen LogP contribution is -2.31. The lowest BCUT2D eigenvalue weighted by atomic mass is 9.95. The Labute approximate surface area is 177 Å². The predicted molar refractivity (Wildman–Crippen MR) is 115 cm³/mol. The van der Waals surface area contributed by atoms with Gasteiger partial charge in [0.2, 0.25) is 0 Å². The highest BCUT2D eigenvalue weighted by molar-refractivity contribution is 6.14. The molecule has 0 radical (unpaired) electrons. The number of amides is 1. The highest BCUT2D eigenvalue weighted by Gasteiger charge is 2.36. The summed E-state index contributed by atoms with van der Waals surface area (Å²) in [6.07, 6.45) is 9.27. The van der Waals surface area contributed by atoms with Crippen molar-refractivity contribution in [2.75, 3.05) is 13.2 Å². The molecule has 0 N–H and O–H groups in total. The van der Waals surface area contributed by atoms with E-state index >= 15 is 0 Å². The van der Waals surface area contributed by atoms with Gasteiger partial charge in [-0.3, -0.25) is 14.6 Å². The van der Waals surface area contributed by atoms with Crippen molar-refractivity contribution in [3.05, 3.63) is 76.4 Å². The second kappa shape index (κ2) is 7.92. The van der Waals surface area contributed by atoms with Crippen LogP contribution in [0.5, 0.6) is 5.75 Å². The molecule has 1 amide bonds. The average molecular weight is 402 g/mol. The van der Waals surface area contributed by atoms with Gasteiger partial charge in [-0.1, -0.05) is 6.58 Å². The predicted octanol–water partition coefficient (Wildman–Crippen LogP) is 4.18. The molecule has 5 heteroatoms. The van der Waals surface area contributed by atoms with Gasteiger partial charge in [0.15, 0.2) is 5.78 Å². The quantitative estimate of drug-likeness (QED) is 0.507. The largest absolute Gasteiger partial charge is 0.491 e. The molecule has 1 aromatic rings. The van der Waals surface area contributed by atoms with Gasteiger partial charge in [-0.15, -0.1) is 5.73 Å². The number of allylic oxidation sites excluding steroid dienone is 2. The van der Waals surface area contributed by atoms with Crippen molar-refractivity contribution in [1.29, 1.82) is 0 Å². The number of nitrogens with zero attached hydrogens (tertiary/aromatic N) is 2. The molecule has 1 aliphatic heterocycles. The minimum Gasteiger partial charge on any atom is -0.491 e. The van der Waals surface area contributed by atoms with Crippen LogP contribution in [-0.4, -0.2) is 34.7 Å². The molecule has 1 fully saturated rings. The van der Waals surface area contributed by atoms with E-state index in [1.807, 2.05) is 19.9 Å². The van der Waals surface area contributed by atoms with Crippen molar-refractivity contribution in [1.82, 2.24) is 9.88 Å². The van der Waals surface area contributed by atoms with E-state index in [2.05, 4.69) is 17.3 Å². The van der Waals surface area contributed by atoms with Gasteiger partial charge in [0.1, 0.15) is 5.75 Å². The zero-order valence-corrected chi connectivity index (χ0v) is 17.7. The van der Waals surface area contributed by atoms with Gasteiger partial charge in [0, 0.05) is 12.1 Å². The molecule has 5 nitrogen and oxygen atoms in total. The Hall–Kier alpha value is -3.17. The van der Waals surface area contributed by atoms with E-state index in [1.165, 1.54) is 12.8 Å². The van der Waals surface area contributed by atoms with E-state index < -0.39 is 0 Å². The van der Waals surface area contributed by atoms with Crippen LogP contribution in [0.3, 0.4) is 0 Å². The second-order valence-corrected chi connectivity index (χ2v) is 8.30. The molecule has 154 valence electrons. The molecule has 1 aromatic heterocycles. The first kappa shape index (κ1) is 20.1. The zero-order valence-electron chi connectivity index (χ0n) is 17.7. The monoisotopic (exact) mass is 402 g/mol. The molecule has 1 unspecified atom stereocenters. The number of hydrogen-bond donors (Lipinski definition) is 0. The summed E-state index contributed by atoms with van der Waals surface area (Å²) in [4.78, 5) is 32.1. The number of aryl methyl sites for hydroxylation is 1. The maximum atomic E-state index is 13.2. The zero-order chi connectivity index (χ0) is 21.4.